The van der Waals surface area contributed by atoms with Crippen LogP contribution in [0.1, 0.15) is 52.9 Å². The molecule has 1 atom stereocenters. The van der Waals surface area contributed by atoms with Crippen molar-refractivity contribution in [2.24, 2.45) is 11.3 Å². The number of carbonyl (C=O) groups is 4. The number of amides is 2. The lowest BCUT2D eigenvalue weighted by molar-refractivity contribution is -0.157. The monoisotopic (exact) mass is 312 g/mol. The highest BCUT2D eigenvalue weighted by Gasteiger charge is 2.36. The summed E-state index contributed by atoms with van der Waals surface area (Å²) < 4.78 is 0. The molecule has 2 N–H and O–H groups in total. The second-order valence-electron chi connectivity index (χ2n) is 6.83. The van der Waals surface area contributed by atoms with E-state index in [2.05, 4.69) is 5.43 Å². The van der Waals surface area contributed by atoms with Crippen molar-refractivity contribution < 1.29 is 24.3 Å². The summed E-state index contributed by atoms with van der Waals surface area (Å²) in [5, 5.41) is 10.0. The second-order valence-corrected chi connectivity index (χ2v) is 6.83. The molecule has 0 aromatic heterocycles. The SMILES string of the molecule is CC(C)(C)CCC(=O)N(NC(=O)C1CC1)C(CC=O)C(=O)O. The van der Waals surface area contributed by atoms with E-state index >= 15 is 0 Å². The molecule has 0 radical (unpaired) electrons. The van der Waals surface area contributed by atoms with E-state index in [4.69, 9.17) is 0 Å². The molecule has 1 saturated carbocycles. The first kappa shape index (κ1) is 18.1. The fourth-order valence-electron chi connectivity index (χ4n) is 1.88. The number of hydrogen-bond donors (Lipinski definition) is 2. The molecular weight excluding hydrogens is 288 g/mol. The molecule has 0 spiro atoms. The van der Waals surface area contributed by atoms with Crippen LogP contribution in [0.3, 0.4) is 0 Å². The van der Waals surface area contributed by atoms with Gasteiger partial charge in [0.25, 0.3) is 0 Å². The lowest BCUT2D eigenvalue weighted by Gasteiger charge is -2.29. The number of hydrazine groups is 1. The summed E-state index contributed by atoms with van der Waals surface area (Å²) in [4.78, 5) is 46.2. The third kappa shape index (κ3) is 5.83. The fraction of sp³-hybridized carbons (Fsp3) is 0.733. The van der Waals surface area contributed by atoms with E-state index in [0.717, 1.165) is 17.9 Å². The molecule has 22 heavy (non-hydrogen) atoms. The van der Waals surface area contributed by atoms with Crippen molar-refractivity contribution in [3.8, 4) is 0 Å². The van der Waals surface area contributed by atoms with Crippen molar-refractivity contribution in [1.82, 2.24) is 10.4 Å². The van der Waals surface area contributed by atoms with Crippen LogP contribution in [0, 0.1) is 11.3 Å². The normalized spacial score (nSPS) is 15.8. The van der Waals surface area contributed by atoms with Crippen LogP contribution >= 0.6 is 0 Å². The molecule has 1 rings (SSSR count). The highest BCUT2D eigenvalue weighted by Crippen LogP contribution is 2.29. The zero-order valence-electron chi connectivity index (χ0n) is 13.3. The Hall–Kier alpha value is -1.92. The van der Waals surface area contributed by atoms with Gasteiger partial charge >= 0.3 is 5.97 Å². The molecule has 0 bridgehead atoms. The number of carboxylic acids is 1. The number of carbonyl (C=O) groups excluding carboxylic acids is 3. The minimum Gasteiger partial charge on any atom is -0.480 e. The van der Waals surface area contributed by atoms with Crippen LogP contribution in [0.15, 0.2) is 0 Å². The summed E-state index contributed by atoms with van der Waals surface area (Å²) in [7, 11) is 0. The lowest BCUT2D eigenvalue weighted by Crippen LogP contribution is -2.55. The van der Waals surface area contributed by atoms with E-state index in [1.54, 1.807) is 0 Å². The molecule has 0 aromatic carbocycles. The van der Waals surface area contributed by atoms with Gasteiger partial charge in [-0.05, 0) is 24.7 Å². The molecule has 0 aliphatic heterocycles. The first-order chi connectivity index (χ1) is 10.2. The van der Waals surface area contributed by atoms with Gasteiger partial charge in [0.05, 0.1) is 0 Å². The smallest absolute Gasteiger partial charge is 0.329 e. The Morgan fingerprint density at radius 2 is 1.91 bits per heavy atom. The Balaban J connectivity index is 2.82. The van der Waals surface area contributed by atoms with E-state index in [1.807, 2.05) is 20.8 Å². The fourth-order valence-corrected chi connectivity index (χ4v) is 1.88. The number of hydrogen-bond acceptors (Lipinski definition) is 4. The van der Waals surface area contributed by atoms with Gasteiger partial charge in [0.2, 0.25) is 11.8 Å². The Morgan fingerprint density at radius 1 is 1.32 bits per heavy atom. The molecule has 1 aliphatic carbocycles. The van der Waals surface area contributed by atoms with Gasteiger partial charge in [-0.25, -0.2) is 9.80 Å². The highest BCUT2D eigenvalue weighted by molar-refractivity contribution is 5.89. The van der Waals surface area contributed by atoms with E-state index < -0.39 is 17.9 Å². The molecule has 7 heteroatoms. The molecule has 7 nitrogen and oxygen atoms in total. The van der Waals surface area contributed by atoms with Crippen molar-refractivity contribution in [2.45, 2.75) is 58.9 Å². The van der Waals surface area contributed by atoms with Crippen LogP contribution in [0.2, 0.25) is 0 Å². The predicted octanol–water partition coefficient (Wildman–Crippen LogP) is 1.12. The van der Waals surface area contributed by atoms with Crippen molar-refractivity contribution >= 4 is 24.1 Å². The number of nitrogens with one attached hydrogen (secondary N) is 1. The van der Waals surface area contributed by atoms with Crippen LogP contribution in [0.4, 0.5) is 0 Å². The standard InChI is InChI=1S/C15H24N2O5/c1-15(2,3)8-6-12(19)17(11(7-9-18)14(21)22)16-13(20)10-4-5-10/h9-11H,4-8H2,1-3H3,(H,16,20)(H,21,22). The highest BCUT2D eigenvalue weighted by atomic mass is 16.4. The Morgan fingerprint density at radius 3 is 2.32 bits per heavy atom. The molecule has 2 amide bonds. The zero-order valence-corrected chi connectivity index (χ0v) is 13.3. The Kier molecular flexibility index (Phi) is 6.08. The van der Waals surface area contributed by atoms with E-state index in [1.165, 1.54) is 0 Å². The summed E-state index contributed by atoms with van der Waals surface area (Å²) in [6.07, 6.45) is 2.21. The minimum absolute atomic E-state index is 0.0921. The van der Waals surface area contributed by atoms with Gasteiger partial charge in [-0.3, -0.25) is 15.0 Å². The Labute approximate surface area is 130 Å². The third-order valence-electron chi connectivity index (χ3n) is 3.45. The third-order valence-corrected chi connectivity index (χ3v) is 3.45. The summed E-state index contributed by atoms with van der Waals surface area (Å²) >= 11 is 0. The molecular formula is C15H24N2O5. The number of nitrogens with zero attached hydrogens (tertiary/aromatic N) is 1. The van der Waals surface area contributed by atoms with E-state index in [-0.39, 0.29) is 30.1 Å². The van der Waals surface area contributed by atoms with Crippen LogP contribution in [0.5, 0.6) is 0 Å². The van der Waals surface area contributed by atoms with Crippen molar-refractivity contribution in [1.29, 1.82) is 0 Å². The topological polar surface area (TPSA) is 104 Å². The van der Waals surface area contributed by atoms with Crippen LogP contribution in [-0.2, 0) is 19.2 Å². The molecule has 0 saturated heterocycles. The molecule has 1 fully saturated rings. The van der Waals surface area contributed by atoms with Crippen LogP contribution < -0.4 is 5.43 Å². The van der Waals surface area contributed by atoms with Crippen molar-refractivity contribution in [3.63, 3.8) is 0 Å². The number of carboxylic acid groups (broad SMARTS) is 1. The van der Waals surface area contributed by atoms with Gasteiger partial charge in [-0.2, -0.15) is 0 Å². The maximum atomic E-state index is 12.3. The molecule has 1 aliphatic rings. The first-order valence-corrected chi connectivity index (χ1v) is 7.44. The van der Waals surface area contributed by atoms with Crippen molar-refractivity contribution in [3.05, 3.63) is 0 Å². The van der Waals surface area contributed by atoms with Gasteiger partial charge < -0.3 is 9.90 Å². The number of rotatable bonds is 7. The average molecular weight is 312 g/mol. The second kappa shape index (κ2) is 7.38. The van der Waals surface area contributed by atoms with Gasteiger partial charge in [-0.15, -0.1) is 0 Å². The maximum absolute atomic E-state index is 12.3. The lowest BCUT2D eigenvalue weighted by atomic mass is 9.90. The van der Waals surface area contributed by atoms with Gasteiger partial charge in [0.1, 0.15) is 6.29 Å². The summed E-state index contributed by atoms with van der Waals surface area (Å²) in [5.74, 6) is -2.32. The first-order valence-electron chi connectivity index (χ1n) is 7.44. The Bertz CT molecular complexity index is 451. The summed E-state index contributed by atoms with van der Waals surface area (Å²) in [6.45, 7) is 5.90. The minimum atomic E-state index is -1.37. The van der Waals surface area contributed by atoms with E-state index in [0.29, 0.717) is 12.7 Å². The van der Waals surface area contributed by atoms with Gasteiger partial charge in [-0.1, -0.05) is 20.8 Å². The number of aliphatic carboxylic acids is 1. The molecule has 0 heterocycles. The number of aldehydes is 1. The predicted molar refractivity (Wildman–Crippen MR) is 78.5 cm³/mol. The van der Waals surface area contributed by atoms with E-state index in [9.17, 15) is 24.3 Å². The summed E-state index contributed by atoms with van der Waals surface area (Å²) in [5.41, 5.74) is 2.29. The molecule has 0 aromatic rings. The zero-order chi connectivity index (χ0) is 16.9. The van der Waals surface area contributed by atoms with Crippen LogP contribution in [-0.4, -0.2) is 40.2 Å². The largest absolute Gasteiger partial charge is 0.480 e. The summed E-state index contributed by atoms with van der Waals surface area (Å²) in [6, 6.07) is -1.37. The van der Waals surface area contributed by atoms with Gasteiger partial charge in [0.15, 0.2) is 6.04 Å². The maximum Gasteiger partial charge on any atom is 0.329 e. The molecule has 1 unspecified atom stereocenters. The molecule has 124 valence electrons. The van der Waals surface area contributed by atoms with Gasteiger partial charge in [0, 0.05) is 18.8 Å². The van der Waals surface area contributed by atoms with Crippen molar-refractivity contribution in [2.75, 3.05) is 0 Å². The average Bonchev–Trinajstić information content (AvgIpc) is 3.23. The quantitative estimate of drug-likeness (QED) is 0.541. The van der Waals surface area contributed by atoms with Crippen LogP contribution in [0.25, 0.3) is 0 Å².